The highest BCUT2D eigenvalue weighted by Crippen LogP contribution is 2.62. The third-order valence-corrected chi connectivity index (χ3v) is 14.0. The van der Waals surface area contributed by atoms with E-state index in [1.54, 1.807) is 0 Å². The second kappa shape index (κ2) is 12.9. The summed E-state index contributed by atoms with van der Waals surface area (Å²) in [5, 5.41) is 9.77. The van der Waals surface area contributed by atoms with Gasteiger partial charge in [-0.25, -0.2) is 0 Å². The number of furan rings is 1. The Morgan fingerprint density at radius 2 is 0.857 bits per heavy atom. The molecule has 0 aliphatic heterocycles. The minimum Gasteiger partial charge on any atom is -0.456 e. The monoisotopic (exact) mass is 799 g/mol. The first-order valence-corrected chi connectivity index (χ1v) is 21.8. The van der Waals surface area contributed by atoms with Crippen LogP contribution in [0.2, 0.25) is 0 Å². The van der Waals surface area contributed by atoms with Gasteiger partial charge in [-0.3, -0.25) is 0 Å². The molecule has 292 valence electrons. The van der Waals surface area contributed by atoms with Crippen molar-refractivity contribution in [3.05, 3.63) is 247 Å². The zero-order chi connectivity index (χ0) is 41.2. The molecule has 11 aromatic carbocycles. The van der Waals surface area contributed by atoms with Gasteiger partial charge in [0.2, 0.25) is 0 Å². The Labute approximate surface area is 364 Å². The highest BCUT2D eigenvalue weighted by Gasteiger charge is 2.49. The molecule has 0 amide bonds. The summed E-state index contributed by atoms with van der Waals surface area (Å²) in [7, 11) is 0. The average molecular weight is 800 g/mol. The van der Waals surface area contributed by atoms with E-state index in [2.05, 4.69) is 223 Å². The van der Waals surface area contributed by atoms with Crippen molar-refractivity contribution in [2.45, 2.75) is 5.41 Å². The van der Waals surface area contributed by atoms with E-state index in [0.29, 0.717) is 0 Å². The first-order chi connectivity index (χ1) is 31.2. The lowest BCUT2D eigenvalue weighted by Gasteiger charge is -2.46. The first-order valence-electron chi connectivity index (χ1n) is 21.8. The van der Waals surface area contributed by atoms with Gasteiger partial charge in [-0.05, 0) is 136 Å². The van der Waals surface area contributed by atoms with E-state index >= 15 is 0 Å². The zero-order valence-corrected chi connectivity index (χ0v) is 34.2. The number of benzene rings is 11. The SMILES string of the molecule is c1ccc(-c2ccc3c(c2)C2(c4cc(N(c5ccc6ccccc6c5)c5ccc6c(c5)oc5ccccc56)ccc4-c4cccc5cccc2c45)c2cccc4cccc-3c24)cc1. The molecule has 2 heteroatoms. The maximum absolute atomic E-state index is 6.56. The van der Waals surface area contributed by atoms with E-state index < -0.39 is 5.41 Å². The van der Waals surface area contributed by atoms with Crippen molar-refractivity contribution in [2.24, 2.45) is 0 Å². The Bertz CT molecular complexity index is 3850. The molecule has 1 aromatic heterocycles. The molecule has 14 rings (SSSR count). The lowest BCUT2D eigenvalue weighted by molar-refractivity contribution is 0.669. The normalized spacial score (nSPS) is 14.7. The summed E-state index contributed by atoms with van der Waals surface area (Å²) in [6.07, 6.45) is 0. The fourth-order valence-corrected chi connectivity index (χ4v) is 11.4. The Kier molecular flexibility index (Phi) is 7.07. The van der Waals surface area contributed by atoms with Crippen molar-refractivity contribution in [3.63, 3.8) is 0 Å². The molecule has 1 unspecified atom stereocenters. The van der Waals surface area contributed by atoms with Crippen molar-refractivity contribution in [1.82, 2.24) is 0 Å². The standard InChI is InChI=1S/C61H37NO/c1-2-12-38(13-3-1)43-27-31-47-51-21-8-16-40-18-10-23-53(59(40)51)61(55(47)35-43)54-24-11-19-41-17-9-22-52(60(41)54)48-32-29-45(36-56(48)61)62(44-28-26-39-14-4-5-15-42(39)34-44)46-30-33-50-49-20-6-7-25-57(49)63-58(50)37-46/h1-37H. The molecule has 0 bridgehead atoms. The summed E-state index contributed by atoms with van der Waals surface area (Å²) < 4.78 is 6.56. The van der Waals surface area contributed by atoms with Gasteiger partial charge >= 0.3 is 0 Å². The summed E-state index contributed by atoms with van der Waals surface area (Å²) in [5.74, 6) is 0. The molecule has 12 aromatic rings. The molecule has 63 heavy (non-hydrogen) atoms. The molecule has 1 atom stereocenters. The fourth-order valence-electron chi connectivity index (χ4n) is 11.4. The first kappa shape index (κ1) is 34.5. The molecule has 0 radical (unpaired) electrons. The van der Waals surface area contributed by atoms with Gasteiger partial charge in [0.25, 0.3) is 0 Å². The number of rotatable bonds is 4. The number of para-hydroxylation sites is 1. The van der Waals surface area contributed by atoms with Crippen LogP contribution in [0.5, 0.6) is 0 Å². The van der Waals surface area contributed by atoms with Crippen LogP contribution in [0.1, 0.15) is 22.3 Å². The summed E-state index contributed by atoms with van der Waals surface area (Å²) in [4.78, 5) is 2.42. The molecule has 1 spiro atoms. The summed E-state index contributed by atoms with van der Waals surface area (Å²) >= 11 is 0. The Morgan fingerprint density at radius 3 is 1.62 bits per heavy atom. The van der Waals surface area contributed by atoms with Gasteiger partial charge in [0.15, 0.2) is 0 Å². The van der Waals surface area contributed by atoms with Crippen LogP contribution in [0.3, 0.4) is 0 Å². The van der Waals surface area contributed by atoms with Crippen molar-refractivity contribution in [1.29, 1.82) is 0 Å². The topological polar surface area (TPSA) is 16.4 Å². The number of hydrogen-bond acceptors (Lipinski definition) is 2. The maximum Gasteiger partial charge on any atom is 0.137 e. The quantitative estimate of drug-likeness (QED) is 0.176. The third-order valence-electron chi connectivity index (χ3n) is 14.0. The van der Waals surface area contributed by atoms with Crippen LogP contribution in [0.4, 0.5) is 17.1 Å². The van der Waals surface area contributed by atoms with E-state index in [1.807, 2.05) is 6.07 Å². The number of hydrogen-bond donors (Lipinski definition) is 0. The predicted octanol–water partition coefficient (Wildman–Crippen LogP) is 16.5. The molecule has 2 nitrogen and oxygen atoms in total. The van der Waals surface area contributed by atoms with E-state index in [-0.39, 0.29) is 0 Å². The van der Waals surface area contributed by atoms with Crippen LogP contribution in [-0.4, -0.2) is 0 Å². The van der Waals surface area contributed by atoms with E-state index in [9.17, 15) is 0 Å². The summed E-state index contributed by atoms with van der Waals surface area (Å²) in [6.45, 7) is 0. The predicted molar refractivity (Wildman–Crippen MR) is 263 cm³/mol. The Morgan fingerprint density at radius 1 is 0.302 bits per heavy atom. The molecule has 0 N–H and O–H groups in total. The van der Waals surface area contributed by atoms with Gasteiger partial charge in [0, 0.05) is 33.9 Å². The van der Waals surface area contributed by atoms with E-state index in [4.69, 9.17) is 4.42 Å². The third kappa shape index (κ3) is 4.78. The van der Waals surface area contributed by atoms with Gasteiger partial charge in [-0.15, -0.1) is 0 Å². The van der Waals surface area contributed by atoms with Gasteiger partial charge in [0.1, 0.15) is 11.2 Å². The van der Waals surface area contributed by atoms with Gasteiger partial charge in [-0.1, -0.05) is 170 Å². The van der Waals surface area contributed by atoms with Crippen LogP contribution in [0.15, 0.2) is 229 Å². The molecule has 2 aliphatic rings. The maximum atomic E-state index is 6.56. The van der Waals surface area contributed by atoms with Crippen molar-refractivity contribution in [3.8, 4) is 33.4 Å². The van der Waals surface area contributed by atoms with E-state index in [1.165, 1.54) is 88.0 Å². The molecule has 0 saturated carbocycles. The Hall–Kier alpha value is -8.20. The number of anilines is 3. The van der Waals surface area contributed by atoms with Crippen molar-refractivity contribution in [2.75, 3.05) is 4.90 Å². The summed E-state index contributed by atoms with van der Waals surface area (Å²) in [6, 6.07) is 83.3. The molecule has 0 fully saturated rings. The average Bonchev–Trinajstić information content (AvgIpc) is 3.72. The highest BCUT2D eigenvalue weighted by molar-refractivity contribution is 6.12. The van der Waals surface area contributed by atoms with Crippen LogP contribution < -0.4 is 4.90 Å². The highest BCUT2D eigenvalue weighted by atomic mass is 16.3. The van der Waals surface area contributed by atoms with Crippen LogP contribution in [0, 0.1) is 0 Å². The zero-order valence-electron chi connectivity index (χ0n) is 34.2. The van der Waals surface area contributed by atoms with Crippen LogP contribution in [-0.2, 0) is 5.41 Å². The minimum atomic E-state index is -0.662. The van der Waals surface area contributed by atoms with Crippen molar-refractivity contribution >= 4 is 71.3 Å². The second-order valence-corrected chi connectivity index (χ2v) is 17.2. The number of fused-ring (bicyclic) bond motifs is 12. The van der Waals surface area contributed by atoms with Gasteiger partial charge in [0.05, 0.1) is 5.41 Å². The molecular formula is C61H37NO. The Balaban J connectivity index is 1.12. The molecule has 1 heterocycles. The summed E-state index contributed by atoms with van der Waals surface area (Å²) in [5.41, 5.74) is 17.0. The largest absolute Gasteiger partial charge is 0.456 e. The smallest absolute Gasteiger partial charge is 0.137 e. The molecule has 2 aliphatic carbocycles. The number of nitrogens with zero attached hydrogens (tertiary/aromatic N) is 1. The van der Waals surface area contributed by atoms with Crippen LogP contribution in [0.25, 0.3) is 87.6 Å². The van der Waals surface area contributed by atoms with Gasteiger partial charge in [-0.2, -0.15) is 0 Å². The van der Waals surface area contributed by atoms with E-state index in [0.717, 1.165) is 39.0 Å². The van der Waals surface area contributed by atoms with Crippen molar-refractivity contribution < 1.29 is 4.42 Å². The molecular weight excluding hydrogens is 763 g/mol. The minimum absolute atomic E-state index is 0.662. The lowest BCUT2D eigenvalue weighted by Crippen LogP contribution is -2.36. The van der Waals surface area contributed by atoms with Gasteiger partial charge < -0.3 is 9.32 Å². The fraction of sp³-hybridized carbons (Fsp3) is 0.0164. The molecule has 0 saturated heterocycles. The van der Waals surface area contributed by atoms with Crippen LogP contribution >= 0.6 is 0 Å². The second-order valence-electron chi connectivity index (χ2n) is 17.2. The lowest BCUT2D eigenvalue weighted by atomic mass is 9.55.